The Labute approximate surface area is 155 Å². The molecule has 0 spiro atoms. The second-order valence-electron chi connectivity index (χ2n) is 5.47. The van der Waals surface area contributed by atoms with E-state index in [-0.39, 0.29) is 11.7 Å². The fourth-order valence-electron chi connectivity index (χ4n) is 2.26. The summed E-state index contributed by atoms with van der Waals surface area (Å²) in [6, 6.07) is 14.9. The molecular weight excluding hydrogens is 353 g/mol. The predicted molar refractivity (Wildman–Crippen MR) is 101 cm³/mol. The van der Waals surface area contributed by atoms with Gasteiger partial charge in [-0.25, -0.2) is 4.39 Å². The molecule has 0 bridgehead atoms. The molecule has 4 nitrogen and oxygen atoms in total. The van der Waals surface area contributed by atoms with Crippen LogP contribution < -0.4 is 14.8 Å². The van der Waals surface area contributed by atoms with Crippen LogP contribution in [0.15, 0.2) is 60.0 Å². The molecule has 0 saturated heterocycles. The van der Waals surface area contributed by atoms with E-state index < -0.39 is 0 Å². The maximum atomic E-state index is 12.9. The summed E-state index contributed by atoms with van der Waals surface area (Å²) in [6.45, 7) is 2.84. The van der Waals surface area contributed by atoms with Crippen molar-refractivity contribution in [2.75, 3.05) is 11.9 Å². The van der Waals surface area contributed by atoms with E-state index in [4.69, 9.17) is 9.47 Å². The number of nitrogens with one attached hydrogen (secondary N) is 1. The van der Waals surface area contributed by atoms with Crippen LogP contribution in [0.1, 0.15) is 22.2 Å². The molecule has 1 amide bonds. The summed E-state index contributed by atoms with van der Waals surface area (Å²) in [5.41, 5.74) is 1.59. The SMILES string of the molecule is CCOc1ccc(NC(=O)c2cc(COc3ccc(F)cc3)cs2)cc1. The van der Waals surface area contributed by atoms with Gasteiger partial charge in [0.25, 0.3) is 5.91 Å². The quantitative estimate of drug-likeness (QED) is 0.627. The van der Waals surface area contributed by atoms with Gasteiger partial charge in [-0.15, -0.1) is 11.3 Å². The number of thiophene rings is 1. The van der Waals surface area contributed by atoms with Crippen molar-refractivity contribution in [1.82, 2.24) is 0 Å². The Morgan fingerprint density at radius 3 is 2.38 bits per heavy atom. The Bertz CT molecular complexity index is 860. The van der Waals surface area contributed by atoms with Crippen molar-refractivity contribution < 1.29 is 18.7 Å². The molecule has 26 heavy (non-hydrogen) atoms. The number of rotatable bonds is 7. The van der Waals surface area contributed by atoms with Crippen LogP contribution in [0, 0.1) is 5.82 Å². The highest BCUT2D eigenvalue weighted by atomic mass is 32.1. The third-order valence-corrected chi connectivity index (χ3v) is 4.50. The lowest BCUT2D eigenvalue weighted by atomic mass is 10.3. The third kappa shape index (κ3) is 4.83. The number of amides is 1. The van der Waals surface area contributed by atoms with Gasteiger partial charge in [-0.1, -0.05) is 0 Å². The smallest absolute Gasteiger partial charge is 0.265 e. The Morgan fingerprint density at radius 1 is 1.04 bits per heavy atom. The van der Waals surface area contributed by atoms with E-state index in [1.807, 2.05) is 24.4 Å². The molecule has 2 aromatic carbocycles. The summed E-state index contributed by atoms with van der Waals surface area (Å²) in [6.07, 6.45) is 0. The van der Waals surface area contributed by atoms with Gasteiger partial charge >= 0.3 is 0 Å². The van der Waals surface area contributed by atoms with E-state index in [0.717, 1.165) is 11.3 Å². The standard InChI is InChI=1S/C20H18FNO3S/c1-2-24-17-9-5-16(6-10-17)22-20(23)19-11-14(13-26-19)12-25-18-7-3-15(21)4-8-18/h3-11,13H,2,12H2,1H3,(H,22,23). The Kier molecular flexibility index (Phi) is 5.86. The summed E-state index contributed by atoms with van der Waals surface area (Å²) in [4.78, 5) is 12.9. The van der Waals surface area contributed by atoms with E-state index in [2.05, 4.69) is 5.32 Å². The number of anilines is 1. The summed E-state index contributed by atoms with van der Waals surface area (Å²) < 4.78 is 23.8. The molecule has 3 aromatic rings. The van der Waals surface area contributed by atoms with Gasteiger partial charge in [-0.3, -0.25) is 4.79 Å². The number of hydrogen-bond acceptors (Lipinski definition) is 4. The summed E-state index contributed by atoms with van der Waals surface area (Å²) in [7, 11) is 0. The first-order valence-corrected chi connectivity index (χ1v) is 9.02. The van der Waals surface area contributed by atoms with Crippen LogP contribution in [-0.2, 0) is 6.61 Å². The van der Waals surface area contributed by atoms with Crippen molar-refractivity contribution in [3.8, 4) is 11.5 Å². The minimum Gasteiger partial charge on any atom is -0.494 e. The van der Waals surface area contributed by atoms with Crippen molar-refractivity contribution >= 4 is 22.9 Å². The van der Waals surface area contributed by atoms with Gasteiger partial charge in [-0.2, -0.15) is 0 Å². The lowest BCUT2D eigenvalue weighted by molar-refractivity contribution is 0.103. The van der Waals surface area contributed by atoms with Crippen molar-refractivity contribution in [3.63, 3.8) is 0 Å². The number of halogens is 1. The van der Waals surface area contributed by atoms with Gasteiger partial charge in [0.15, 0.2) is 0 Å². The second-order valence-corrected chi connectivity index (χ2v) is 6.38. The Balaban J connectivity index is 1.56. The van der Waals surface area contributed by atoms with E-state index in [0.29, 0.717) is 29.5 Å². The van der Waals surface area contributed by atoms with E-state index in [1.54, 1.807) is 30.3 Å². The molecule has 0 aliphatic rings. The highest BCUT2D eigenvalue weighted by Crippen LogP contribution is 2.21. The molecule has 1 aromatic heterocycles. The maximum absolute atomic E-state index is 12.9. The topological polar surface area (TPSA) is 47.6 Å². The van der Waals surface area contributed by atoms with E-state index >= 15 is 0 Å². The van der Waals surface area contributed by atoms with Crippen LogP contribution in [0.25, 0.3) is 0 Å². The zero-order chi connectivity index (χ0) is 18.4. The van der Waals surface area contributed by atoms with Gasteiger partial charge in [0, 0.05) is 11.3 Å². The molecule has 0 aliphatic heterocycles. The summed E-state index contributed by atoms with van der Waals surface area (Å²) in [5.74, 6) is 0.869. The molecule has 6 heteroatoms. The normalized spacial score (nSPS) is 10.4. The predicted octanol–water partition coefficient (Wildman–Crippen LogP) is 5.12. The second kappa shape index (κ2) is 8.49. The lowest BCUT2D eigenvalue weighted by Crippen LogP contribution is -2.10. The van der Waals surface area contributed by atoms with Gasteiger partial charge in [0.2, 0.25) is 0 Å². The van der Waals surface area contributed by atoms with Gasteiger partial charge in [-0.05, 0) is 66.9 Å². The number of benzene rings is 2. The molecule has 1 N–H and O–H groups in total. The average molecular weight is 371 g/mol. The lowest BCUT2D eigenvalue weighted by Gasteiger charge is -2.06. The van der Waals surface area contributed by atoms with Crippen LogP contribution in [0.2, 0.25) is 0 Å². The highest BCUT2D eigenvalue weighted by Gasteiger charge is 2.10. The zero-order valence-corrected chi connectivity index (χ0v) is 15.0. The van der Waals surface area contributed by atoms with Gasteiger partial charge in [0.05, 0.1) is 11.5 Å². The average Bonchev–Trinajstić information content (AvgIpc) is 3.12. The molecule has 134 valence electrons. The third-order valence-electron chi connectivity index (χ3n) is 3.52. The van der Waals surface area contributed by atoms with Crippen LogP contribution >= 0.6 is 11.3 Å². The van der Waals surface area contributed by atoms with Crippen molar-refractivity contribution in [3.05, 3.63) is 76.2 Å². The van der Waals surface area contributed by atoms with E-state index in [9.17, 15) is 9.18 Å². The zero-order valence-electron chi connectivity index (χ0n) is 14.2. The molecule has 0 fully saturated rings. The molecule has 0 unspecified atom stereocenters. The van der Waals surface area contributed by atoms with E-state index in [1.165, 1.54) is 23.5 Å². The first kappa shape index (κ1) is 17.9. The fraction of sp³-hybridized carbons (Fsp3) is 0.150. The van der Waals surface area contributed by atoms with Crippen molar-refractivity contribution in [1.29, 1.82) is 0 Å². The highest BCUT2D eigenvalue weighted by molar-refractivity contribution is 7.12. The molecule has 0 atom stereocenters. The van der Waals surface area contributed by atoms with Gasteiger partial charge in [0.1, 0.15) is 23.9 Å². The molecule has 0 saturated carbocycles. The molecular formula is C20H18FNO3S. The largest absolute Gasteiger partial charge is 0.494 e. The van der Waals surface area contributed by atoms with Gasteiger partial charge < -0.3 is 14.8 Å². The molecule has 1 heterocycles. The Morgan fingerprint density at radius 2 is 1.69 bits per heavy atom. The van der Waals surface area contributed by atoms with Crippen molar-refractivity contribution in [2.45, 2.75) is 13.5 Å². The van der Waals surface area contributed by atoms with Crippen LogP contribution in [0.4, 0.5) is 10.1 Å². The van der Waals surface area contributed by atoms with Crippen LogP contribution in [0.5, 0.6) is 11.5 Å². The number of hydrogen-bond donors (Lipinski definition) is 1. The summed E-state index contributed by atoms with van der Waals surface area (Å²) >= 11 is 1.35. The number of ether oxygens (including phenoxy) is 2. The molecule has 3 rings (SSSR count). The summed E-state index contributed by atoms with van der Waals surface area (Å²) in [5, 5.41) is 4.73. The number of carbonyl (C=O) groups excluding carboxylic acids is 1. The van der Waals surface area contributed by atoms with Crippen LogP contribution in [0.3, 0.4) is 0 Å². The van der Waals surface area contributed by atoms with Crippen LogP contribution in [-0.4, -0.2) is 12.5 Å². The first-order chi connectivity index (χ1) is 12.6. The maximum Gasteiger partial charge on any atom is 0.265 e. The van der Waals surface area contributed by atoms with Crippen molar-refractivity contribution in [2.24, 2.45) is 0 Å². The monoisotopic (exact) mass is 371 g/mol. The molecule has 0 radical (unpaired) electrons. The minimum absolute atomic E-state index is 0.174. The first-order valence-electron chi connectivity index (χ1n) is 8.14. The molecule has 0 aliphatic carbocycles. The Hall–Kier alpha value is -2.86. The fourth-order valence-corrected chi connectivity index (χ4v) is 3.05. The number of carbonyl (C=O) groups is 1. The minimum atomic E-state index is -0.305.